The number of carboxylic acid groups (broad SMARTS) is 1. The van der Waals surface area contributed by atoms with Gasteiger partial charge in [-0.2, -0.15) is 0 Å². The molecule has 0 aliphatic rings. The molecular formula is C21H34O4. The van der Waals surface area contributed by atoms with E-state index in [1.807, 2.05) is 24.3 Å². The molecule has 0 aromatic carbocycles. The molecule has 0 fully saturated rings. The summed E-state index contributed by atoms with van der Waals surface area (Å²) in [7, 11) is 0. The predicted octanol–water partition coefficient (Wildman–Crippen LogP) is 4.40. The van der Waals surface area contributed by atoms with Crippen LogP contribution in [-0.2, 0) is 4.79 Å². The summed E-state index contributed by atoms with van der Waals surface area (Å²) in [6.45, 7) is 4.44. The monoisotopic (exact) mass is 350 g/mol. The smallest absolute Gasteiger partial charge is 0.303 e. The highest BCUT2D eigenvalue weighted by Crippen LogP contribution is 2.10. The van der Waals surface area contributed by atoms with Gasteiger partial charge in [0, 0.05) is 6.42 Å². The molecule has 0 saturated heterocycles. The number of carboxylic acids is 1. The second-order valence-corrected chi connectivity index (χ2v) is 6.36. The van der Waals surface area contributed by atoms with Gasteiger partial charge in [0.05, 0.1) is 12.2 Å². The molecule has 0 bridgehead atoms. The number of unbranched alkanes of at least 4 members (excludes halogenated alkanes) is 2. The second kappa shape index (κ2) is 15.9. The summed E-state index contributed by atoms with van der Waals surface area (Å²) in [5.41, 5.74) is 0. The summed E-state index contributed by atoms with van der Waals surface area (Å²) in [5.74, 6) is -0.297. The average Bonchev–Trinajstić information content (AvgIpc) is 2.56. The maximum Gasteiger partial charge on any atom is 0.303 e. The molecule has 3 N–H and O–H groups in total. The van der Waals surface area contributed by atoms with Crippen molar-refractivity contribution < 1.29 is 20.1 Å². The van der Waals surface area contributed by atoms with Crippen molar-refractivity contribution in [2.24, 2.45) is 5.92 Å². The first-order chi connectivity index (χ1) is 12.0. The van der Waals surface area contributed by atoms with Crippen molar-refractivity contribution in [1.29, 1.82) is 0 Å². The van der Waals surface area contributed by atoms with Crippen LogP contribution in [0.25, 0.3) is 0 Å². The maximum atomic E-state index is 10.4. The first-order valence-electron chi connectivity index (χ1n) is 9.23. The van der Waals surface area contributed by atoms with E-state index < -0.39 is 18.2 Å². The minimum Gasteiger partial charge on any atom is -0.481 e. The topological polar surface area (TPSA) is 77.8 Å². The van der Waals surface area contributed by atoms with Gasteiger partial charge in [0.1, 0.15) is 0 Å². The second-order valence-electron chi connectivity index (χ2n) is 6.36. The molecule has 0 saturated carbocycles. The quantitative estimate of drug-likeness (QED) is 0.320. The third-order valence-electron chi connectivity index (χ3n) is 3.85. The van der Waals surface area contributed by atoms with Crippen molar-refractivity contribution >= 4 is 5.97 Å². The molecule has 0 radical (unpaired) electrons. The van der Waals surface area contributed by atoms with Crippen LogP contribution in [0.2, 0.25) is 0 Å². The van der Waals surface area contributed by atoms with Gasteiger partial charge in [0.15, 0.2) is 0 Å². The molecule has 0 rings (SSSR count). The highest BCUT2D eigenvalue weighted by atomic mass is 16.4. The maximum absolute atomic E-state index is 10.4. The van der Waals surface area contributed by atoms with Crippen molar-refractivity contribution in [3.05, 3.63) is 48.6 Å². The molecule has 3 unspecified atom stereocenters. The Hall–Kier alpha value is -1.65. The fourth-order valence-corrected chi connectivity index (χ4v) is 2.26. The molecular weight excluding hydrogens is 316 g/mol. The number of hydrogen-bond acceptors (Lipinski definition) is 3. The summed E-state index contributed by atoms with van der Waals surface area (Å²) in [4.78, 5) is 10.4. The van der Waals surface area contributed by atoms with Crippen LogP contribution >= 0.6 is 0 Å². The van der Waals surface area contributed by atoms with Gasteiger partial charge in [-0.3, -0.25) is 4.79 Å². The molecule has 4 heteroatoms. The van der Waals surface area contributed by atoms with E-state index in [0.717, 1.165) is 0 Å². The van der Waals surface area contributed by atoms with Crippen molar-refractivity contribution in [3.8, 4) is 0 Å². The Morgan fingerprint density at radius 2 is 1.48 bits per heavy atom. The van der Waals surface area contributed by atoms with Crippen LogP contribution in [0.3, 0.4) is 0 Å². The molecule has 142 valence electrons. The first kappa shape index (κ1) is 23.4. The molecule has 3 atom stereocenters. The standard InChI is InChI=1S/C21H34O4/c1-3-4-9-13-18(2)14-10-7-5-6-8-11-15-19(22)20(23)16-12-17-21(24)25/h5-8,10-11,14-15,18-20,22-23H,3-4,9,12-13,16-17H2,1-2H3,(H,24,25)/b7-5-,8-6+,14-10+,15-11+. The lowest BCUT2D eigenvalue weighted by molar-refractivity contribution is -0.137. The van der Waals surface area contributed by atoms with Crippen LogP contribution in [-0.4, -0.2) is 33.5 Å². The molecule has 4 nitrogen and oxygen atoms in total. The van der Waals surface area contributed by atoms with Crippen LogP contribution in [0.15, 0.2) is 48.6 Å². The molecule has 0 heterocycles. The third kappa shape index (κ3) is 15.6. The van der Waals surface area contributed by atoms with Gasteiger partial charge in [-0.15, -0.1) is 0 Å². The number of aliphatic hydroxyl groups excluding tert-OH is 2. The summed E-state index contributed by atoms with van der Waals surface area (Å²) in [6.07, 6.45) is 18.7. The summed E-state index contributed by atoms with van der Waals surface area (Å²) >= 11 is 0. The largest absolute Gasteiger partial charge is 0.481 e. The predicted molar refractivity (Wildman–Crippen MR) is 103 cm³/mol. The first-order valence-corrected chi connectivity index (χ1v) is 9.23. The highest BCUT2D eigenvalue weighted by molar-refractivity contribution is 5.66. The third-order valence-corrected chi connectivity index (χ3v) is 3.85. The van der Waals surface area contributed by atoms with Gasteiger partial charge in [-0.05, 0) is 25.2 Å². The van der Waals surface area contributed by atoms with E-state index in [1.54, 1.807) is 12.2 Å². The van der Waals surface area contributed by atoms with E-state index in [0.29, 0.717) is 12.3 Å². The number of rotatable bonds is 14. The molecule has 0 aromatic heterocycles. The molecule has 0 aliphatic carbocycles. The zero-order valence-electron chi connectivity index (χ0n) is 15.6. The Labute approximate surface area is 152 Å². The van der Waals surface area contributed by atoms with Gasteiger partial charge in [-0.1, -0.05) is 81.7 Å². The zero-order valence-corrected chi connectivity index (χ0v) is 15.6. The van der Waals surface area contributed by atoms with Crippen molar-refractivity contribution in [2.45, 2.75) is 71.0 Å². The SMILES string of the molecule is CCCCCC(C)/C=C/C=C\C=C\C=C\C(O)C(O)CCCC(=O)O. The summed E-state index contributed by atoms with van der Waals surface area (Å²) < 4.78 is 0. The molecule has 0 aliphatic heterocycles. The fourth-order valence-electron chi connectivity index (χ4n) is 2.26. The van der Waals surface area contributed by atoms with Crippen LogP contribution < -0.4 is 0 Å². The summed E-state index contributed by atoms with van der Waals surface area (Å²) in [6, 6.07) is 0. The number of aliphatic carboxylic acids is 1. The molecule has 0 spiro atoms. The van der Waals surface area contributed by atoms with Crippen LogP contribution in [0.1, 0.15) is 58.8 Å². The van der Waals surface area contributed by atoms with E-state index >= 15 is 0 Å². The molecule has 25 heavy (non-hydrogen) atoms. The number of aliphatic hydroxyl groups is 2. The summed E-state index contributed by atoms with van der Waals surface area (Å²) in [5, 5.41) is 27.9. The van der Waals surface area contributed by atoms with Gasteiger partial charge in [-0.25, -0.2) is 0 Å². The Morgan fingerprint density at radius 3 is 2.08 bits per heavy atom. The van der Waals surface area contributed by atoms with E-state index in [9.17, 15) is 15.0 Å². The lowest BCUT2D eigenvalue weighted by Crippen LogP contribution is -2.23. The van der Waals surface area contributed by atoms with Crippen LogP contribution in [0.5, 0.6) is 0 Å². The van der Waals surface area contributed by atoms with Crippen molar-refractivity contribution in [2.75, 3.05) is 0 Å². The zero-order chi connectivity index (χ0) is 18.9. The van der Waals surface area contributed by atoms with Gasteiger partial charge in [0.2, 0.25) is 0 Å². The Kier molecular flexibility index (Phi) is 14.8. The Morgan fingerprint density at radius 1 is 0.880 bits per heavy atom. The van der Waals surface area contributed by atoms with Crippen molar-refractivity contribution in [3.63, 3.8) is 0 Å². The molecule has 0 aromatic rings. The highest BCUT2D eigenvalue weighted by Gasteiger charge is 2.12. The average molecular weight is 350 g/mol. The van der Waals surface area contributed by atoms with E-state index in [2.05, 4.69) is 19.9 Å². The van der Waals surface area contributed by atoms with E-state index in [1.165, 1.54) is 31.8 Å². The number of allylic oxidation sites excluding steroid dienone is 7. The lowest BCUT2D eigenvalue weighted by Gasteiger charge is -2.13. The lowest BCUT2D eigenvalue weighted by atomic mass is 10.0. The number of carbonyl (C=O) groups is 1. The van der Waals surface area contributed by atoms with Crippen LogP contribution in [0.4, 0.5) is 0 Å². The normalized spacial score (nSPS) is 16.3. The van der Waals surface area contributed by atoms with Gasteiger partial charge < -0.3 is 15.3 Å². The number of hydrogen-bond donors (Lipinski definition) is 3. The van der Waals surface area contributed by atoms with Gasteiger partial charge in [0.25, 0.3) is 0 Å². The van der Waals surface area contributed by atoms with E-state index in [4.69, 9.17) is 5.11 Å². The van der Waals surface area contributed by atoms with E-state index in [-0.39, 0.29) is 12.8 Å². The van der Waals surface area contributed by atoms with Crippen molar-refractivity contribution in [1.82, 2.24) is 0 Å². The minimum atomic E-state index is -0.980. The Bertz CT molecular complexity index is 449. The minimum absolute atomic E-state index is 0.00291. The fraction of sp³-hybridized carbons (Fsp3) is 0.571. The van der Waals surface area contributed by atoms with Gasteiger partial charge >= 0.3 is 5.97 Å². The Balaban J connectivity index is 3.97. The molecule has 0 amide bonds. The van der Waals surface area contributed by atoms with Crippen LogP contribution in [0, 0.1) is 5.92 Å².